The zero-order chi connectivity index (χ0) is 41.0. The van der Waals surface area contributed by atoms with E-state index in [2.05, 4.69) is 211 Å². The first kappa shape index (κ1) is 35.7. The van der Waals surface area contributed by atoms with Gasteiger partial charge in [0.15, 0.2) is 11.6 Å². The second kappa shape index (κ2) is 14.5. The van der Waals surface area contributed by atoms with Crippen molar-refractivity contribution in [1.82, 2.24) is 19.5 Å². The van der Waals surface area contributed by atoms with Gasteiger partial charge < -0.3 is 0 Å². The van der Waals surface area contributed by atoms with Crippen LogP contribution in [0.1, 0.15) is 22.3 Å². The number of rotatable bonds is 7. The van der Waals surface area contributed by atoms with Gasteiger partial charge in [-0.2, -0.15) is 9.97 Å². The summed E-state index contributed by atoms with van der Waals surface area (Å²) in [5.41, 5.74) is 15.6. The topological polar surface area (TPSA) is 43.6 Å². The van der Waals surface area contributed by atoms with E-state index in [4.69, 9.17) is 15.0 Å². The first-order valence-corrected chi connectivity index (χ1v) is 21.1. The molecule has 4 heteroatoms. The molecule has 4 nitrogen and oxygen atoms in total. The zero-order valence-electron chi connectivity index (χ0n) is 33.7. The maximum absolute atomic E-state index is 5.31. The first-order chi connectivity index (χ1) is 30.8. The monoisotopic (exact) mass is 790 g/mol. The van der Waals surface area contributed by atoms with Gasteiger partial charge >= 0.3 is 0 Å². The lowest BCUT2D eigenvalue weighted by atomic mass is 9.67. The highest BCUT2D eigenvalue weighted by molar-refractivity contribution is 6.10. The van der Waals surface area contributed by atoms with Crippen molar-refractivity contribution in [3.05, 3.63) is 253 Å². The van der Waals surface area contributed by atoms with Gasteiger partial charge in [-0.15, -0.1) is 0 Å². The van der Waals surface area contributed by atoms with Crippen LogP contribution in [0.5, 0.6) is 0 Å². The van der Waals surface area contributed by atoms with Crippen molar-refractivity contribution < 1.29 is 0 Å². The zero-order valence-corrected chi connectivity index (χ0v) is 33.7. The third kappa shape index (κ3) is 5.58. The van der Waals surface area contributed by atoms with E-state index in [0.29, 0.717) is 17.6 Å². The van der Waals surface area contributed by atoms with Crippen LogP contribution in [0.2, 0.25) is 0 Å². The summed E-state index contributed by atoms with van der Waals surface area (Å²) in [5.74, 6) is 1.81. The van der Waals surface area contributed by atoms with Gasteiger partial charge in [0.25, 0.3) is 0 Å². The molecule has 290 valence electrons. The number of hydrogen-bond donors (Lipinski definition) is 0. The quantitative estimate of drug-likeness (QED) is 0.161. The molecule has 12 rings (SSSR count). The summed E-state index contributed by atoms with van der Waals surface area (Å²) in [5, 5.41) is 2.26. The van der Waals surface area contributed by atoms with Crippen LogP contribution in [-0.2, 0) is 5.41 Å². The van der Waals surface area contributed by atoms with Crippen LogP contribution in [0.3, 0.4) is 0 Å². The van der Waals surface area contributed by atoms with Gasteiger partial charge in [0, 0.05) is 21.9 Å². The Kier molecular flexibility index (Phi) is 8.36. The van der Waals surface area contributed by atoms with Crippen LogP contribution in [0.4, 0.5) is 0 Å². The molecule has 0 saturated carbocycles. The third-order valence-electron chi connectivity index (χ3n) is 12.6. The Hall–Kier alpha value is -8.21. The molecular weight excluding hydrogens is 753 g/mol. The van der Waals surface area contributed by atoms with Crippen LogP contribution in [0.25, 0.3) is 83.9 Å². The lowest BCUT2D eigenvalue weighted by Crippen LogP contribution is -2.28. The van der Waals surface area contributed by atoms with Gasteiger partial charge in [0.2, 0.25) is 5.95 Å². The lowest BCUT2D eigenvalue weighted by Gasteiger charge is -2.34. The highest BCUT2D eigenvalue weighted by atomic mass is 15.2. The Balaban J connectivity index is 1.06. The van der Waals surface area contributed by atoms with Crippen LogP contribution >= 0.6 is 0 Å². The molecule has 0 spiro atoms. The molecule has 0 aliphatic heterocycles. The fourth-order valence-corrected chi connectivity index (χ4v) is 9.84. The third-order valence-corrected chi connectivity index (χ3v) is 12.6. The number of para-hydroxylation sites is 1. The largest absolute Gasteiger partial charge is 0.278 e. The molecule has 1 aliphatic carbocycles. The maximum Gasteiger partial charge on any atom is 0.238 e. The molecule has 0 amide bonds. The fraction of sp³-hybridized carbons (Fsp3) is 0.0172. The van der Waals surface area contributed by atoms with Crippen molar-refractivity contribution in [1.29, 1.82) is 0 Å². The summed E-state index contributed by atoms with van der Waals surface area (Å²) >= 11 is 0. The Bertz CT molecular complexity index is 3410. The molecule has 9 aromatic carbocycles. The average Bonchev–Trinajstić information content (AvgIpc) is 3.85. The summed E-state index contributed by atoms with van der Waals surface area (Å²) in [6.45, 7) is 0. The lowest BCUT2D eigenvalue weighted by molar-refractivity contribution is 0.769. The minimum atomic E-state index is -0.476. The summed E-state index contributed by atoms with van der Waals surface area (Å²) in [7, 11) is 0. The summed E-state index contributed by atoms with van der Waals surface area (Å²) in [4.78, 5) is 15.7. The standard InChI is InChI=1S/C58H38N4/c1-5-19-39(20-6-1)45-27-13-14-30-49(45)56-59-55(40-21-7-2-8-22-40)60-57(61-56)62-53-32-18-16-29-48(53)50-37-41(34-36-54(50)62)42-33-35-47-46-28-15-17-31-51(46)58(52(47)38-42,43-23-9-3-10-24-43)44-25-11-4-12-26-44/h1-38H. The van der Waals surface area contributed by atoms with E-state index < -0.39 is 5.41 Å². The first-order valence-electron chi connectivity index (χ1n) is 21.1. The minimum Gasteiger partial charge on any atom is -0.278 e. The van der Waals surface area contributed by atoms with Gasteiger partial charge in [-0.05, 0) is 79.9 Å². The van der Waals surface area contributed by atoms with Crippen molar-refractivity contribution in [2.75, 3.05) is 0 Å². The number of nitrogens with zero attached hydrogens (tertiary/aromatic N) is 4. The molecular formula is C58H38N4. The molecule has 0 N–H and O–H groups in total. The fourth-order valence-electron chi connectivity index (χ4n) is 9.84. The number of fused-ring (bicyclic) bond motifs is 6. The van der Waals surface area contributed by atoms with E-state index in [9.17, 15) is 0 Å². The molecule has 0 bridgehead atoms. The van der Waals surface area contributed by atoms with Gasteiger partial charge in [-0.25, -0.2) is 4.98 Å². The van der Waals surface area contributed by atoms with E-state index >= 15 is 0 Å². The Morgan fingerprint density at radius 2 is 0.823 bits per heavy atom. The molecule has 0 fully saturated rings. The van der Waals surface area contributed by atoms with E-state index in [1.54, 1.807) is 0 Å². The second-order valence-electron chi connectivity index (χ2n) is 15.9. The molecule has 2 aromatic heterocycles. The van der Waals surface area contributed by atoms with Crippen LogP contribution in [0, 0.1) is 0 Å². The predicted octanol–water partition coefficient (Wildman–Crippen LogP) is 14.0. The number of benzene rings is 9. The molecule has 0 saturated heterocycles. The second-order valence-corrected chi connectivity index (χ2v) is 15.9. The molecule has 62 heavy (non-hydrogen) atoms. The predicted molar refractivity (Wildman–Crippen MR) is 253 cm³/mol. The number of aromatic nitrogens is 4. The van der Waals surface area contributed by atoms with Crippen molar-refractivity contribution in [3.63, 3.8) is 0 Å². The summed E-state index contributed by atoms with van der Waals surface area (Å²) < 4.78 is 2.20. The average molecular weight is 791 g/mol. The van der Waals surface area contributed by atoms with E-state index in [1.165, 1.54) is 33.4 Å². The van der Waals surface area contributed by atoms with Gasteiger partial charge in [0.05, 0.1) is 16.4 Å². The molecule has 0 unspecified atom stereocenters. The Morgan fingerprint density at radius 3 is 1.55 bits per heavy atom. The summed E-state index contributed by atoms with van der Waals surface area (Å²) in [6, 6.07) is 82.4. The van der Waals surface area contributed by atoms with E-state index in [0.717, 1.165) is 55.2 Å². The van der Waals surface area contributed by atoms with Crippen LogP contribution < -0.4 is 0 Å². The van der Waals surface area contributed by atoms with Crippen molar-refractivity contribution in [2.45, 2.75) is 5.41 Å². The Labute approximate surface area is 360 Å². The smallest absolute Gasteiger partial charge is 0.238 e. The molecule has 11 aromatic rings. The normalized spacial score (nSPS) is 12.6. The Morgan fingerprint density at radius 1 is 0.306 bits per heavy atom. The van der Waals surface area contributed by atoms with Crippen LogP contribution in [0.15, 0.2) is 231 Å². The maximum atomic E-state index is 5.31. The van der Waals surface area contributed by atoms with Crippen LogP contribution in [-0.4, -0.2) is 19.5 Å². The van der Waals surface area contributed by atoms with Gasteiger partial charge in [-0.3, -0.25) is 4.57 Å². The number of hydrogen-bond acceptors (Lipinski definition) is 3. The van der Waals surface area contributed by atoms with Crippen molar-refractivity contribution >= 4 is 21.8 Å². The highest BCUT2D eigenvalue weighted by Gasteiger charge is 2.46. The minimum absolute atomic E-state index is 0.476. The van der Waals surface area contributed by atoms with Crippen molar-refractivity contribution in [3.8, 4) is 62.1 Å². The molecule has 2 heterocycles. The van der Waals surface area contributed by atoms with E-state index in [1.807, 2.05) is 24.3 Å². The summed E-state index contributed by atoms with van der Waals surface area (Å²) in [6.07, 6.45) is 0. The van der Waals surface area contributed by atoms with Gasteiger partial charge in [-0.1, -0.05) is 206 Å². The highest BCUT2D eigenvalue weighted by Crippen LogP contribution is 2.56. The molecule has 0 atom stereocenters. The molecule has 0 radical (unpaired) electrons. The van der Waals surface area contributed by atoms with E-state index in [-0.39, 0.29) is 0 Å². The SMILES string of the molecule is c1ccc(-c2nc(-c3ccccc3-c3ccccc3)nc(-n3c4ccccc4c4cc(-c5ccc6c(c5)C(c5ccccc5)(c5ccccc5)c5ccccc5-6)ccc43)n2)cc1. The van der Waals surface area contributed by atoms with Gasteiger partial charge in [0.1, 0.15) is 0 Å². The van der Waals surface area contributed by atoms with Crippen molar-refractivity contribution in [2.24, 2.45) is 0 Å². The molecule has 1 aliphatic rings.